The molecule has 3 heteroatoms. The average molecular weight is 187 g/mol. The molecule has 0 unspecified atom stereocenters. The molecular weight excluding hydrogens is 172 g/mol. The number of halogens is 1. The van der Waals surface area contributed by atoms with E-state index in [9.17, 15) is 0 Å². The van der Waals surface area contributed by atoms with Gasteiger partial charge in [-0.15, -0.1) is 11.6 Å². The normalized spacial score (nSPS) is 11.0. The summed E-state index contributed by atoms with van der Waals surface area (Å²) < 4.78 is 1.96. The quantitative estimate of drug-likeness (QED) is 0.662. The van der Waals surface area contributed by atoms with Gasteiger partial charge in [-0.2, -0.15) is 5.10 Å². The lowest BCUT2D eigenvalue weighted by molar-refractivity contribution is 0.590. The van der Waals surface area contributed by atoms with E-state index in [1.807, 2.05) is 10.9 Å². The van der Waals surface area contributed by atoms with E-state index in [1.165, 1.54) is 0 Å². The van der Waals surface area contributed by atoms with Crippen LogP contribution >= 0.6 is 11.6 Å². The summed E-state index contributed by atoms with van der Waals surface area (Å²) in [6, 6.07) is 2.07. The summed E-state index contributed by atoms with van der Waals surface area (Å²) in [5.41, 5.74) is 1.16. The van der Waals surface area contributed by atoms with Crippen LogP contribution in [0, 0.1) is 0 Å². The number of hydrogen-bond donors (Lipinski definition) is 0. The van der Waals surface area contributed by atoms with Gasteiger partial charge >= 0.3 is 0 Å². The molecule has 0 bridgehead atoms. The second kappa shape index (κ2) is 4.51. The van der Waals surface area contributed by atoms with Crippen LogP contribution in [0.25, 0.3) is 0 Å². The Morgan fingerprint density at radius 3 is 2.83 bits per heavy atom. The predicted octanol–water partition coefficient (Wildman–Crippen LogP) is 2.64. The summed E-state index contributed by atoms with van der Waals surface area (Å²) in [6.07, 6.45) is 3.00. The standard InChI is InChI=1S/C9H15ClN2/c1-8(2)9-4-7-12(11-9)6-3-5-10/h4,7-8H,3,5-6H2,1-2H3. The minimum Gasteiger partial charge on any atom is -0.272 e. The Labute approximate surface area is 78.5 Å². The smallest absolute Gasteiger partial charge is 0.0649 e. The first kappa shape index (κ1) is 9.59. The minimum absolute atomic E-state index is 0.516. The SMILES string of the molecule is CC(C)c1ccn(CCCCl)n1. The molecule has 12 heavy (non-hydrogen) atoms. The summed E-state index contributed by atoms with van der Waals surface area (Å²) in [6.45, 7) is 5.22. The Kier molecular flexibility index (Phi) is 3.60. The van der Waals surface area contributed by atoms with Crippen LogP contribution in [0.4, 0.5) is 0 Å². The van der Waals surface area contributed by atoms with Gasteiger partial charge in [-0.3, -0.25) is 4.68 Å². The van der Waals surface area contributed by atoms with Crippen molar-refractivity contribution in [2.24, 2.45) is 0 Å². The van der Waals surface area contributed by atoms with Crippen LogP contribution in [0.1, 0.15) is 31.9 Å². The molecule has 1 heterocycles. The maximum atomic E-state index is 5.58. The van der Waals surface area contributed by atoms with E-state index in [4.69, 9.17) is 11.6 Å². The molecule has 0 atom stereocenters. The van der Waals surface area contributed by atoms with Crippen molar-refractivity contribution in [2.75, 3.05) is 5.88 Å². The van der Waals surface area contributed by atoms with E-state index in [1.54, 1.807) is 0 Å². The second-order valence-electron chi connectivity index (χ2n) is 3.20. The molecule has 0 amide bonds. The molecular formula is C9H15ClN2. The number of aryl methyl sites for hydroxylation is 1. The Hall–Kier alpha value is -0.500. The first-order valence-electron chi connectivity index (χ1n) is 4.33. The highest BCUT2D eigenvalue weighted by atomic mass is 35.5. The first-order valence-corrected chi connectivity index (χ1v) is 4.87. The first-order chi connectivity index (χ1) is 5.74. The molecule has 0 aromatic carbocycles. The van der Waals surface area contributed by atoms with Crippen molar-refractivity contribution < 1.29 is 0 Å². The molecule has 68 valence electrons. The summed E-state index contributed by atoms with van der Waals surface area (Å²) in [7, 11) is 0. The van der Waals surface area contributed by atoms with Crippen LogP contribution in [0.2, 0.25) is 0 Å². The van der Waals surface area contributed by atoms with E-state index in [2.05, 4.69) is 25.0 Å². The van der Waals surface area contributed by atoms with Crippen LogP contribution in [-0.2, 0) is 6.54 Å². The fourth-order valence-corrected chi connectivity index (χ4v) is 1.15. The zero-order valence-electron chi connectivity index (χ0n) is 7.63. The van der Waals surface area contributed by atoms with Gasteiger partial charge in [0.2, 0.25) is 0 Å². The zero-order chi connectivity index (χ0) is 8.97. The number of rotatable bonds is 4. The molecule has 1 aromatic rings. The second-order valence-corrected chi connectivity index (χ2v) is 3.58. The minimum atomic E-state index is 0.516. The van der Waals surface area contributed by atoms with Crippen LogP contribution in [0.5, 0.6) is 0 Å². The fourth-order valence-electron chi connectivity index (χ4n) is 1.03. The van der Waals surface area contributed by atoms with E-state index >= 15 is 0 Å². The molecule has 0 spiro atoms. The number of alkyl halides is 1. The molecule has 1 rings (SSSR count). The third-order valence-corrected chi connectivity index (χ3v) is 2.04. The maximum absolute atomic E-state index is 5.58. The zero-order valence-corrected chi connectivity index (χ0v) is 8.38. The highest BCUT2D eigenvalue weighted by Gasteiger charge is 2.02. The lowest BCUT2D eigenvalue weighted by atomic mass is 10.1. The number of hydrogen-bond acceptors (Lipinski definition) is 1. The van der Waals surface area contributed by atoms with Gasteiger partial charge in [-0.05, 0) is 18.4 Å². The van der Waals surface area contributed by atoms with E-state index < -0.39 is 0 Å². The van der Waals surface area contributed by atoms with Crippen molar-refractivity contribution in [3.63, 3.8) is 0 Å². The topological polar surface area (TPSA) is 17.8 Å². The lowest BCUT2D eigenvalue weighted by Gasteiger charge is -1.99. The molecule has 0 saturated carbocycles. The summed E-state index contributed by atoms with van der Waals surface area (Å²) in [4.78, 5) is 0. The maximum Gasteiger partial charge on any atom is 0.0649 e. The Balaban J connectivity index is 2.52. The third-order valence-electron chi connectivity index (χ3n) is 1.77. The molecule has 0 saturated heterocycles. The lowest BCUT2D eigenvalue weighted by Crippen LogP contribution is -2.00. The molecule has 0 N–H and O–H groups in total. The van der Waals surface area contributed by atoms with Gasteiger partial charge in [0, 0.05) is 18.6 Å². The van der Waals surface area contributed by atoms with Gasteiger partial charge in [-0.1, -0.05) is 13.8 Å². The molecule has 0 aliphatic rings. The van der Waals surface area contributed by atoms with Crippen molar-refractivity contribution in [3.8, 4) is 0 Å². The Morgan fingerprint density at radius 2 is 2.33 bits per heavy atom. The molecule has 0 radical (unpaired) electrons. The average Bonchev–Trinajstić information content (AvgIpc) is 2.48. The van der Waals surface area contributed by atoms with E-state index in [0.717, 1.165) is 18.7 Å². The van der Waals surface area contributed by atoms with Gasteiger partial charge in [0.1, 0.15) is 0 Å². The molecule has 1 aromatic heterocycles. The van der Waals surface area contributed by atoms with E-state index in [-0.39, 0.29) is 0 Å². The molecule has 0 aliphatic heterocycles. The van der Waals surface area contributed by atoms with Crippen molar-refractivity contribution in [1.82, 2.24) is 9.78 Å². The number of aromatic nitrogens is 2. The summed E-state index contributed by atoms with van der Waals surface area (Å²) >= 11 is 5.58. The van der Waals surface area contributed by atoms with Gasteiger partial charge < -0.3 is 0 Å². The molecule has 0 aliphatic carbocycles. The number of nitrogens with zero attached hydrogens (tertiary/aromatic N) is 2. The van der Waals surface area contributed by atoms with Crippen LogP contribution in [0.15, 0.2) is 12.3 Å². The summed E-state index contributed by atoms with van der Waals surface area (Å²) in [5.74, 6) is 1.22. The fraction of sp³-hybridized carbons (Fsp3) is 0.667. The Bertz CT molecular complexity index is 230. The predicted molar refractivity (Wildman–Crippen MR) is 51.7 cm³/mol. The van der Waals surface area contributed by atoms with Crippen LogP contribution < -0.4 is 0 Å². The van der Waals surface area contributed by atoms with Crippen LogP contribution in [0.3, 0.4) is 0 Å². The van der Waals surface area contributed by atoms with Gasteiger partial charge in [0.05, 0.1) is 5.69 Å². The van der Waals surface area contributed by atoms with E-state index in [0.29, 0.717) is 11.8 Å². The third kappa shape index (κ3) is 2.52. The van der Waals surface area contributed by atoms with Gasteiger partial charge in [0.15, 0.2) is 0 Å². The van der Waals surface area contributed by atoms with Gasteiger partial charge in [0.25, 0.3) is 0 Å². The van der Waals surface area contributed by atoms with Crippen molar-refractivity contribution in [3.05, 3.63) is 18.0 Å². The Morgan fingerprint density at radius 1 is 1.58 bits per heavy atom. The highest BCUT2D eigenvalue weighted by molar-refractivity contribution is 6.17. The van der Waals surface area contributed by atoms with Gasteiger partial charge in [-0.25, -0.2) is 0 Å². The van der Waals surface area contributed by atoms with Crippen molar-refractivity contribution >= 4 is 11.6 Å². The largest absolute Gasteiger partial charge is 0.272 e. The monoisotopic (exact) mass is 186 g/mol. The van der Waals surface area contributed by atoms with Crippen molar-refractivity contribution in [2.45, 2.75) is 32.7 Å². The van der Waals surface area contributed by atoms with Crippen LogP contribution in [-0.4, -0.2) is 15.7 Å². The van der Waals surface area contributed by atoms with Crippen molar-refractivity contribution in [1.29, 1.82) is 0 Å². The highest BCUT2D eigenvalue weighted by Crippen LogP contribution is 2.10. The summed E-state index contributed by atoms with van der Waals surface area (Å²) in [5, 5.41) is 4.41. The molecule has 0 fully saturated rings. The molecule has 2 nitrogen and oxygen atoms in total.